The van der Waals surface area contributed by atoms with Crippen molar-refractivity contribution in [1.82, 2.24) is 15.0 Å². The largest absolute Gasteiger partial charge is 0.390 e. The number of nitrogens with zero attached hydrogens (tertiary/aromatic N) is 3. The zero-order chi connectivity index (χ0) is 13.1. The zero-order valence-electron chi connectivity index (χ0n) is 10.2. The second kappa shape index (κ2) is 5.24. The number of hydrogen-bond donors (Lipinski definition) is 1. The molecule has 2 aromatic rings. The Labute approximate surface area is 104 Å². The van der Waals surface area contributed by atoms with Crippen LogP contribution in [-0.2, 0) is 18.0 Å². The van der Waals surface area contributed by atoms with Gasteiger partial charge in [0.15, 0.2) is 0 Å². The highest BCUT2D eigenvalue weighted by atomic mass is 19.1. The molecule has 0 aliphatic carbocycles. The third-order valence-electron chi connectivity index (χ3n) is 2.67. The molecule has 2 rings (SSSR count). The number of ether oxygens (including phenoxy) is 1. The maximum atomic E-state index is 13.5. The average Bonchev–Trinajstić information content (AvgIpc) is 2.76. The lowest BCUT2D eigenvalue weighted by Gasteiger charge is -2.07. The van der Waals surface area contributed by atoms with Gasteiger partial charge in [-0.2, -0.15) is 0 Å². The van der Waals surface area contributed by atoms with Gasteiger partial charge >= 0.3 is 0 Å². The van der Waals surface area contributed by atoms with Crippen LogP contribution in [0.5, 0.6) is 0 Å². The van der Waals surface area contributed by atoms with E-state index in [1.807, 2.05) is 0 Å². The van der Waals surface area contributed by atoms with Crippen molar-refractivity contribution in [2.24, 2.45) is 0 Å². The third kappa shape index (κ3) is 2.25. The van der Waals surface area contributed by atoms with Crippen LogP contribution >= 0.6 is 0 Å². The summed E-state index contributed by atoms with van der Waals surface area (Å²) in [7, 11) is 1.54. The Morgan fingerprint density at radius 1 is 1.44 bits per heavy atom. The van der Waals surface area contributed by atoms with Crippen LogP contribution < -0.4 is 0 Å². The van der Waals surface area contributed by atoms with E-state index >= 15 is 0 Å². The molecule has 0 spiro atoms. The molecule has 6 heteroatoms. The molecule has 18 heavy (non-hydrogen) atoms. The number of benzene rings is 1. The number of rotatable bonds is 4. The Kier molecular flexibility index (Phi) is 3.69. The normalized spacial score (nSPS) is 10.9. The summed E-state index contributed by atoms with van der Waals surface area (Å²) in [6, 6.07) is 4.79. The highest BCUT2D eigenvalue weighted by Crippen LogP contribution is 2.17. The molecule has 0 radical (unpaired) electrons. The summed E-state index contributed by atoms with van der Waals surface area (Å²) >= 11 is 0. The molecule has 0 saturated carbocycles. The molecule has 5 nitrogen and oxygen atoms in total. The minimum Gasteiger partial charge on any atom is -0.390 e. The molecule has 0 aliphatic heterocycles. The van der Waals surface area contributed by atoms with E-state index in [1.165, 1.54) is 17.9 Å². The van der Waals surface area contributed by atoms with Crippen LogP contribution in [0.15, 0.2) is 18.2 Å². The van der Waals surface area contributed by atoms with E-state index in [2.05, 4.69) is 10.3 Å². The molecule has 0 aliphatic rings. The summed E-state index contributed by atoms with van der Waals surface area (Å²) < 4.78 is 20.0. The van der Waals surface area contributed by atoms with Crippen molar-refractivity contribution in [2.75, 3.05) is 7.11 Å². The van der Waals surface area contributed by atoms with Gasteiger partial charge < -0.3 is 9.84 Å². The van der Waals surface area contributed by atoms with Crippen molar-refractivity contribution < 1.29 is 14.2 Å². The summed E-state index contributed by atoms with van der Waals surface area (Å²) in [5, 5.41) is 16.9. The molecular formula is C12H14FN3O2. The first-order valence-electron chi connectivity index (χ1n) is 5.47. The smallest absolute Gasteiger partial charge is 0.128 e. The third-order valence-corrected chi connectivity index (χ3v) is 2.67. The van der Waals surface area contributed by atoms with Crippen molar-refractivity contribution >= 4 is 0 Å². The Morgan fingerprint density at radius 3 is 2.83 bits per heavy atom. The summed E-state index contributed by atoms with van der Waals surface area (Å²) in [5.74, 6) is -0.308. The van der Waals surface area contributed by atoms with Gasteiger partial charge in [0.2, 0.25) is 0 Å². The van der Waals surface area contributed by atoms with Gasteiger partial charge in [-0.1, -0.05) is 11.3 Å². The van der Waals surface area contributed by atoms with E-state index in [0.29, 0.717) is 22.6 Å². The van der Waals surface area contributed by atoms with Crippen LogP contribution in [0, 0.1) is 12.7 Å². The van der Waals surface area contributed by atoms with Gasteiger partial charge in [0.05, 0.1) is 24.6 Å². The summed E-state index contributed by atoms with van der Waals surface area (Å²) in [6.07, 6.45) is 0. The lowest BCUT2D eigenvalue weighted by Crippen LogP contribution is -2.05. The SMILES string of the molecule is COCc1c(CO)nnn1-c1ccc(C)c(F)c1. The van der Waals surface area contributed by atoms with Crippen LogP contribution in [0.3, 0.4) is 0 Å². The maximum Gasteiger partial charge on any atom is 0.128 e. The summed E-state index contributed by atoms with van der Waals surface area (Å²) in [5.41, 5.74) is 2.16. The molecule has 0 unspecified atom stereocenters. The Balaban J connectivity index is 2.49. The highest BCUT2D eigenvalue weighted by molar-refractivity contribution is 5.36. The van der Waals surface area contributed by atoms with Gasteiger partial charge in [0, 0.05) is 7.11 Å². The van der Waals surface area contributed by atoms with E-state index in [4.69, 9.17) is 9.84 Å². The lowest BCUT2D eigenvalue weighted by molar-refractivity contribution is 0.175. The molecule has 0 amide bonds. The molecule has 96 valence electrons. The zero-order valence-corrected chi connectivity index (χ0v) is 10.2. The van der Waals surface area contributed by atoms with Crippen molar-refractivity contribution in [3.05, 3.63) is 41.0 Å². The van der Waals surface area contributed by atoms with Gasteiger partial charge in [-0.3, -0.25) is 0 Å². The van der Waals surface area contributed by atoms with Crippen LogP contribution in [-0.4, -0.2) is 27.2 Å². The van der Waals surface area contributed by atoms with Crippen molar-refractivity contribution in [3.8, 4) is 5.69 Å². The number of methoxy groups -OCH3 is 1. The van der Waals surface area contributed by atoms with Gasteiger partial charge in [-0.25, -0.2) is 9.07 Å². The molecule has 0 atom stereocenters. The first kappa shape index (κ1) is 12.7. The van der Waals surface area contributed by atoms with Gasteiger partial charge in [-0.05, 0) is 24.6 Å². The van der Waals surface area contributed by atoms with E-state index in [1.54, 1.807) is 19.1 Å². The average molecular weight is 251 g/mol. The number of aliphatic hydroxyl groups excluding tert-OH is 1. The molecule has 0 bridgehead atoms. The molecule has 0 fully saturated rings. The number of aliphatic hydroxyl groups is 1. The van der Waals surface area contributed by atoms with Crippen LogP contribution in [0.1, 0.15) is 17.0 Å². The first-order valence-corrected chi connectivity index (χ1v) is 5.47. The summed E-state index contributed by atoms with van der Waals surface area (Å²) in [6.45, 7) is 1.71. The Morgan fingerprint density at radius 2 is 2.22 bits per heavy atom. The second-order valence-electron chi connectivity index (χ2n) is 3.92. The van der Waals surface area contributed by atoms with Gasteiger partial charge in [0.1, 0.15) is 11.5 Å². The standard InChI is InChI=1S/C12H14FN3O2/c1-8-3-4-9(5-10(8)13)16-12(7-18-2)11(6-17)14-15-16/h3-5,17H,6-7H2,1-2H3. The minimum atomic E-state index is -0.308. The van der Waals surface area contributed by atoms with Crippen LogP contribution in [0.2, 0.25) is 0 Å². The van der Waals surface area contributed by atoms with Gasteiger partial charge in [-0.15, -0.1) is 5.10 Å². The topological polar surface area (TPSA) is 60.2 Å². The van der Waals surface area contributed by atoms with E-state index in [9.17, 15) is 4.39 Å². The predicted molar refractivity (Wildman–Crippen MR) is 62.7 cm³/mol. The van der Waals surface area contributed by atoms with Crippen molar-refractivity contribution in [3.63, 3.8) is 0 Å². The molecular weight excluding hydrogens is 237 g/mol. The molecule has 1 heterocycles. The summed E-state index contributed by atoms with van der Waals surface area (Å²) in [4.78, 5) is 0. The molecule has 1 aromatic heterocycles. The Bertz CT molecular complexity index is 554. The maximum absolute atomic E-state index is 13.5. The predicted octanol–water partition coefficient (Wildman–Crippen LogP) is 1.35. The monoisotopic (exact) mass is 251 g/mol. The first-order chi connectivity index (χ1) is 8.67. The fraction of sp³-hybridized carbons (Fsp3) is 0.333. The number of hydrogen-bond acceptors (Lipinski definition) is 4. The van der Waals surface area contributed by atoms with E-state index < -0.39 is 0 Å². The second-order valence-corrected chi connectivity index (χ2v) is 3.92. The fourth-order valence-corrected chi connectivity index (χ4v) is 1.66. The lowest BCUT2D eigenvalue weighted by atomic mass is 10.2. The quantitative estimate of drug-likeness (QED) is 0.891. The number of aromatic nitrogens is 3. The van der Waals surface area contributed by atoms with Crippen molar-refractivity contribution in [2.45, 2.75) is 20.1 Å². The van der Waals surface area contributed by atoms with E-state index in [-0.39, 0.29) is 19.0 Å². The van der Waals surface area contributed by atoms with E-state index in [0.717, 1.165) is 0 Å². The molecule has 1 aromatic carbocycles. The molecule has 1 N–H and O–H groups in total. The minimum absolute atomic E-state index is 0.229. The van der Waals surface area contributed by atoms with Gasteiger partial charge in [0.25, 0.3) is 0 Å². The number of halogens is 1. The number of aryl methyl sites for hydroxylation is 1. The fourth-order valence-electron chi connectivity index (χ4n) is 1.66. The highest BCUT2D eigenvalue weighted by Gasteiger charge is 2.14. The van der Waals surface area contributed by atoms with Crippen molar-refractivity contribution in [1.29, 1.82) is 0 Å². The Hall–Kier alpha value is -1.79. The van der Waals surface area contributed by atoms with Crippen LogP contribution in [0.4, 0.5) is 4.39 Å². The van der Waals surface area contributed by atoms with Crippen LogP contribution in [0.25, 0.3) is 5.69 Å². The molecule has 0 saturated heterocycles.